The van der Waals surface area contributed by atoms with Crippen LogP contribution in [0, 0.1) is 11.3 Å². The first-order valence-corrected chi connectivity index (χ1v) is 6.39. The average Bonchev–Trinajstić information content (AvgIpc) is 2.13. The van der Waals surface area contributed by atoms with Gasteiger partial charge in [0.2, 0.25) is 0 Å². The van der Waals surface area contributed by atoms with E-state index >= 15 is 0 Å². The summed E-state index contributed by atoms with van der Waals surface area (Å²) in [5.74, 6) is -0.876. The Morgan fingerprint density at radius 3 is 2.76 bits per heavy atom. The molecule has 2 aliphatic rings. The van der Waals surface area contributed by atoms with Gasteiger partial charge >= 0.3 is 5.97 Å². The molecule has 0 spiro atoms. The van der Waals surface area contributed by atoms with Crippen LogP contribution in [0.2, 0.25) is 0 Å². The lowest BCUT2D eigenvalue weighted by Crippen LogP contribution is -2.37. The number of esters is 1. The van der Waals surface area contributed by atoms with E-state index < -0.39 is 33.0 Å². The molecule has 0 aromatic carbocycles. The van der Waals surface area contributed by atoms with Crippen LogP contribution in [0.25, 0.3) is 0 Å². The van der Waals surface area contributed by atoms with Gasteiger partial charge in [0.25, 0.3) is 10.1 Å². The molecule has 0 radical (unpaired) electrons. The van der Waals surface area contributed by atoms with Gasteiger partial charge in [0.05, 0.1) is 5.71 Å². The lowest BCUT2D eigenvalue weighted by molar-refractivity contribution is -0.145. The summed E-state index contributed by atoms with van der Waals surface area (Å²) in [6, 6.07) is 0. The van der Waals surface area contributed by atoms with Crippen LogP contribution in [0.1, 0.15) is 13.3 Å². The highest BCUT2D eigenvalue weighted by molar-refractivity contribution is 7.90. The third-order valence-corrected chi connectivity index (χ3v) is 3.79. The first-order chi connectivity index (χ1) is 7.79. The van der Waals surface area contributed by atoms with Gasteiger partial charge in [-0.25, -0.2) is 4.79 Å². The largest absolute Gasteiger partial charge is 0.458 e. The molecule has 0 saturated carbocycles. The normalized spacial score (nSPS) is 29.1. The molecule has 7 heteroatoms. The number of fused-ring (bicyclic) bond motifs is 1. The Morgan fingerprint density at radius 2 is 2.18 bits per heavy atom. The summed E-state index contributed by atoms with van der Waals surface area (Å²) >= 11 is 0. The fraction of sp³-hybridized carbons (Fsp3) is 0.400. The molecule has 1 heterocycles. The summed E-state index contributed by atoms with van der Waals surface area (Å²) in [4.78, 5) is 10.8. The molecule has 6 nitrogen and oxygen atoms in total. The molecule has 17 heavy (non-hydrogen) atoms. The number of carbonyl (C=O) groups excluding carboxylic acids is 1. The number of nitrogens with one attached hydrogen (secondary N) is 1. The number of carbonyl (C=O) groups is 1. The molecular formula is C10H11NO5S. The summed E-state index contributed by atoms with van der Waals surface area (Å²) < 4.78 is 36.1. The van der Waals surface area contributed by atoms with Crippen LogP contribution < -0.4 is 0 Å². The van der Waals surface area contributed by atoms with Gasteiger partial charge < -0.3 is 10.1 Å². The molecule has 0 aromatic rings. The van der Waals surface area contributed by atoms with Crippen molar-refractivity contribution in [1.29, 1.82) is 5.41 Å². The lowest BCUT2D eigenvalue weighted by Gasteiger charge is -2.32. The molecule has 0 amide bonds. The predicted molar refractivity (Wildman–Crippen MR) is 59.1 cm³/mol. The quantitative estimate of drug-likeness (QED) is 0.530. The Kier molecular flexibility index (Phi) is 2.67. The van der Waals surface area contributed by atoms with E-state index in [0.717, 1.165) is 0 Å². The zero-order chi connectivity index (χ0) is 12.8. The Balaban J connectivity index is 2.49. The van der Waals surface area contributed by atoms with E-state index in [1.165, 1.54) is 12.2 Å². The van der Waals surface area contributed by atoms with Crippen molar-refractivity contribution in [2.45, 2.75) is 19.4 Å². The van der Waals surface area contributed by atoms with Crippen molar-refractivity contribution < 1.29 is 22.5 Å². The lowest BCUT2D eigenvalue weighted by atomic mass is 9.84. The molecule has 1 aliphatic heterocycles. The van der Waals surface area contributed by atoms with Gasteiger partial charge in [-0.05, 0) is 6.92 Å². The van der Waals surface area contributed by atoms with E-state index in [0.29, 0.717) is 5.57 Å². The van der Waals surface area contributed by atoms with Crippen molar-refractivity contribution >= 4 is 21.8 Å². The predicted octanol–water partition coefficient (Wildman–Crippen LogP) is 0.669. The first-order valence-electron chi connectivity index (χ1n) is 4.95. The molecule has 1 aliphatic carbocycles. The standard InChI is InChI=1S/C10H11NO5S/c1-5-2-10(12)16-8-4-7(11)9(3-6(5)8)17(13,14)15/h2-3,6,8,11H,4H2,1H3,(H,13,14,15). The van der Waals surface area contributed by atoms with Gasteiger partial charge in [-0.3, -0.25) is 4.55 Å². The van der Waals surface area contributed by atoms with Crippen molar-refractivity contribution in [2.24, 2.45) is 5.92 Å². The van der Waals surface area contributed by atoms with Crippen molar-refractivity contribution in [3.05, 3.63) is 22.6 Å². The van der Waals surface area contributed by atoms with Crippen LogP contribution in [-0.4, -0.2) is 30.8 Å². The van der Waals surface area contributed by atoms with Crippen LogP contribution in [0.3, 0.4) is 0 Å². The van der Waals surface area contributed by atoms with E-state index in [-0.39, 0.29) is 12.1 Å². The molecule has 2 rings (SSSR count). The Labute approximate surface area is 98.2 Å². The van der Waals surface area contributed by atoms with Crippen molar-refractivity contribution in [3.63, 3.8) is 0 Å². The summed E-state index contributed by atoms with van der Waals surface area (Å²) in [6.45, 7) is 1.69. The van der Waals surface area contributed by atoms with Crippen molar-refractivity contribution in [1.82, 2.24) is 0 Å². The monoisotopic (exact) mass is 257 g/mol. The topological polar surface area (TPSA) is 105 Å². The molecule has 0 fully saturated rings. The second-order valence-corrected chi connectivity index (χ2v) is 5.47. The number of allylic oxidation sites excluding steroid dienone is 1. The van der Waals surface area contributed by atoms with E-state index in [1.54, 1.807) is 6.92 Å². The molecule has 0 bridgehead atoms. The maximum Gasteiger partial charge on any atom is 0.331 e. The Morgan fingerprint density at radius 1 is 1.53 bits per heavy atom. The number of hydrogen-bond acceptors (Lipinski definition) is 5. The number of ether oxygens (including phenoxy) is 1. The highest BCUT2D eigenvalue weighted by atomic mass is 32.2. The molecule has 2 atom stereocenters. The van der Waals surface area contributed by atoms with Crippen LogP contribution in [0.5, 0.6) is 0 Å². The van der Waals surface area contributed by atoms with Crippen LogP contribution >= 0.6 is 0 Å². The Bertz CT molecular complexity index is 557. The second-order valence-electron chi connectivity index (χ2n) is 4.08. The average molecular weight is 257 g/mol. The molecule has 0 saturated heterocycles. The highest BCUT2D eigenvalue weighted by Crippen LogP contribution is 2.33. The van der Waals surface area contributed by atoms with Gasteiger partial charge in [0.1, 0.15) is 11.0 Å². The minimum absolute atomic E-state index is 0.00674. The summed E-state index contributed by atoms with van der Waals surface area (Å²) in [5, 5.41) is 7.54. The summed E-state index contributed by atoms with van der Waals surface area (Å²) in [7, 11) is -4.39. The van der Waals surface area contributed by atoms with Crippen LogP contribution in [0.4, 0.5) is 0 Å². The van der Waals surface area contributed by atoms with Gasteiger partial charge in [0, 0.05) is 18.4 Å². The summed E-state index contributed by atoms with van der Waals surface area (Å²) in [5.41, 5.74) is 0.427. The maximum absolute atomic E-state index is 11.2. The van der Waals surface area contributed by atoms with Crippen molar-refractivity contribution in [2.75, 3.05) is 0 Å². The molecular weight excluding hydrogens is 246 g/mol. The minimum atomic E-state index is -4.39. The zero-order valence-corrected chi connectivity index (χ0v) is 9.82. The van der Waals surface area contributed by atoms with E-state index in [9.17, 15) is 13.2 Å². The fourth-order valence-corrected chi connectivity index (χ4v) is 2.76. The summed E-state index contributed by atoms with van der Waals surface area (Å²) in [6.07, 6.45) is 2.00. The van der Waals surface area contributed by atoms with Gasteiger partial charge in [0.15, 0.2) is 0 Å². The van der Waals surface area contributed by atoms with E-state index in [4.69, 9.17) is 14.7 Å². The number of hydrogen-bond donors (Lipinski definition) is 2. The third kappa shape index (κ3) is 2.16. The number of rotatable bonds is 1. The second kappa shape index (κ2) is 3.78. The zero-order valence-electron chi connectivity index (χ0n) is 9.00. The van der Waals surface area contributed by atoms with Gasteiger partial charge in [-0.2, -0.15) is 8.42 Å². The first kappa shape index (κ1) is 12.0. The Hall–Kier alpha value is -1.47. The fourth-order valence-electron chi connectivity index (χ4n) is 2.05. The molecule has 0 aromatic heterocycles. The molecule has 2 N–H and O–H groups in total. The highest BCUT2D eigenvalue weighted by Gasteiger charge is 2.37. The molecule has 92 valence electrons. The van der Waals surface area contributed by atoms with Gasteiger partial charge in [-0.15, -0.1) is 0 Å². The molecule has 2 unspecified atom stereocenters. The SMILES string of the molecule is CC1=CC(=O)OC2CC(=N)C(S(=O)(=O)O)=CC12. The van der Waals surface area contributed by atoms with E-state index in [2.05, 4.69) is 0 Å². The minimum Gasteiger partial charge on any atom is -0.458 e. The van der Waals surface area contributed by atoms with Crippen molar-refractivity contribution in [3.8, 4) is 0 Å². The third-order valence-electron chi connectivity index (χ3n) is 2.85. The smallest absolute Gasteiger partial charge is 0.331 e. The van der Waals surface area contributed by atoms with E-state index in [1.807, 2.05) is 0 Å². The van der Waals surface area contributed by atoms with Gasteiger partial charge in [-0.1, -0.05) is 11.6 Å². The van der Waals surface area contributed by atoms with Crippen LogP contribution in [0.15, 0.2) is 22.6 Å². The maximum atomic E-state index is 11.2. The van der Waals surface area contributed by atoms with Crippen LogP contribution in [-0.2, 0) is 19.6 Å².